The fourth-order valence-electron chi connectivity index (χ4n) is 1.26. The Morgan fingerprint density at radius 1 is 0.923 bits per heavy atom. The van der Waals surface area contributed by atoms with E-state index in [0.29, 0.717) is 0 Å². The minimum Gasteiger partial charge on any atom is -0.481 e. The molecule has 1 atom stereocenters. The van der Waals surface area contributed by atoms with Crippen LogP contribution in [0.1, 0.15) is 12.8 Å². The highest BCUT2D eigenvalue weighted by Gasteiger charge is 2.23. The number of hydrogen-bond donors (Lipinski definition) is 3. The van der Waals surface area contributed by atoms with Crippen LogP contribution in [0.5, 0.6) is 0 Å². The van der Waals surface area contributed by atoms with Gasteiger partial charge >= 0.3 is 17.9 Å². The van der Waals surface area contributed by atoms with Crippen LogP contribution in [0.2, 0.25) is 0 Å². The van der Waals surface area contributed by atoms with Crippen molar-refractivity contribution < 1.29 is 38.6 Å². The van der Waals surface area contributed by atoms with E-state index >= 15 is 0 Å². The number of carbonyl (C=O) groups excluding carboxylic acids is 5. The maximum atomic E-state index is 11.3. The summed E-state index contributed by atoms with van der Waals surface area (Å²) >= 11 is 8.55. The number of ether oxygens (including phenoxy) is 1. The molecule has 0 radical (unpaired) electrons. The van der Waals surface area contributed by atoms with Crippen molar-refractivity contribution in [3.8, 4) is 0 Å². The third-order valence-corrected chi connectivity index (χ3v) is 3.75. The van der Waals surface area contributed by atoms with Gasteiger partial charge in [0.15, 0.2) is 5.78 Å². The number of Topliss-reactive ketones (excluding diaryl/α,β-unsaturated/α-hetero) is 1. The maximum absolute atomic E-state index is 11.3. The Hall–Kier alpha value is -1.34. The average Bonchev–Trinajstić information content (AvgIpc) is 2.58. The number of alkyl halides is 3. The number of ketones is 1. The quantitative estimate of drug-likeness (QED) is 0.186. The molecule has 10 nitrogen and oxygen atoms in total. The third-order valence-electron chi connectivity index (χ3n) is 2.32. The fraction of sp³-hybridized carbons (Fsp3) is 0.538. The molecule has 0 aromatic rings. The van der Waals surface area contributed by atoms with Crippen LogP contribution in [0.4, 0.5) is 0 Å². The largest absolute Gasteiger partial charge is 0.481 e. The van der Waals surface area contributed by atoms with Crippen molar-refractivity contribution in [2.45, 2.75) is 12.8 Å². The molecule has 0 fully saturated rings. The molecule has 0 saturated heterocycles. The molecule has 148 valence electrons. The topological polar surface area (TPSA) is 170 Å². The van der Waals surface area contributed by atoms with Crippen LogP contribution in [-0.2, 0) is 33.5 Å². The molecule has 4 N–H and O–H groups in total. The first-order valence-corrected chi connectivity index (χ1v) is 10.1. The normalized spacial score (nSPS) is 10.6. The first-order valence-electron chi connectivity index (χ1n) is 6.78. The number of nitrogens with one attached hydrogen (secondary N) is 1. The van der Waals surface area contributed by atoms with Crippen LogP contribution < -0.4 is 11.1 Å². The van der Waals surface area contributed by atoms with Gasteiger partial charge in [0, 0.05) is 12.8 Å². The van der Waals surface area contributed by atoms with Crippen molar-refractivity contribution in [3.63, 3.8) is 0 Å². The summed E-state index contributed by atoms with van der Waals surface area (Å²) in [7, 11) is 0. The Labute approximate surface area is 173 Å². The van der Waals surface area contributed by atoms with Crippen molar-refractivity contribution in [1.29, 1.82) is 0 Å². The first-order chi connectivity index (χ1) is 12.1. The summed E-state index contributed by atoms with van der Waals surface area (Å²) in [4.78, 5) is 64.0. The highest BCUT2D eigenvalue weighted by molar-refractivity contribution is 9.09. The molecular formula is C13H17Br3N2O8. The Balaban J connectivity index is 0. The summed E-state index contributed by atoms with van der Waals surface area (Å²) in [6.07, 6.45) is -0.728. The highest BCUT2D eigenvalue weighted by atomic mass is 79.9. The van der Waals surface area contributed by atoms with Crippen LogP contribution in [0, 0.1) is 5.92 Å². The smallest absolute Gasteiger partial charge is 0.324 e. The molecule has 26 heavy (non-hydrogen) atoms. The molecule has 13 heteroatoms. The van der Waals surface area contributed by atoms with Crippen LogP contribution in [0.25, 0.3) is 0 Å². The number of carboxylic acids is 1. The Kier molecular flexibility index (Phi) is 16.4. The number of aliphatic carboxylic acids is 1. The molecule has 1 unspecified atom stereocenters. The van der Waals surface area contributed by atoms with Gasteiger partial charge < -0.3 is 20.9 Å². The molecule has 0 aromatic heterocycles. The zero-order valence-electron chi connectivity index (χ0n) is 13.3. The molecule has 0 aliphatic rings. The van der Waals surface area contributed by atoms with Gasteiger partial charge in [-0.15, -0.1) is 0 Å². The number of carbonyl (C=O) groups is 6. The number of esters is 2. The van der Waals surface area contributed by atoms with Crippen molar-refractivity contribution in [2.75, 3.05) is 22.5 Å². The SMILES string of the molecule is NC(=O)CC(CC(=O)CNC(=O)CBr)C(=O)O.O=C(CBr)OC(=O)CBr. The minimum absolute atomic E-state index is 0.0474. The maximum Gasteiger partial charge on any atom is 0.324 e. The standard InChI is InChI=1S/C9H13BrN2O5.C4H4Br2O3/c10-3-8(15)12-4-6(13)1-5(9(16)17)2-7(11)14;5-1-3(7)9-4(8)2-6/h5H,1-4H2,(H2,11,14)(H,12,15)(H,16,17);1-2H2. The van der Waals surface area contributed by atoms with Crippen molar-refractivity contribution >= 4 is 83.3 Å². The summed E-state index contributed by atoms with van der Waals surface area (Å²) in [5.41, 5.74) is 4.86. The summed E-state index contributed by atoms with van der Waals surface area (Å²) < 4.78 is 4.18. The van der Waals surface area contributed by atoms with E-state index in [2.05, 4.69) is 57.8 Å². The lowest BCUT2D eigenvalue weighted by Gasteiger charge is -2.09. The van der Waals surface area contributed by atoms with E-state index < -0.39 is 41.9 Å². The molecule has 0 aliphatic heterocycles. The third kappa shape index (κ3) is 16.1. The lowest BCUT2D eigenvalue weighted by molar-refractivity contribution is -0.155. The van der Waals surface area contributed by atoms with Gasteiger partial charge in [-0.25, -0.2) is 0 Å². The summed E-state index contributed by atoms with van der Waals surface area (Å²) in [5.74, 6) is -5.16. The number of carboxylic acid groups (broad SMARTS) is 1. The number of primary amides is 1. The van der Waals surface area contributed by atoms with Crippen molar-refractivity contribution in [2.24, 2.45) is 11.7 Å². The van der Waals surface area contributed by atoms with Gasteiger partial charge in [0.2, 0.25) is 11.8 Å². The van der Waals surface area contributed by atoms with Gasteiger partial charge in [-0.1, -0.05) is 47.8 Å². The molecule has 2 amide bonds. The van der Waals surface area contributed by atoms with Gasteiger partial charge in [0.05, 0.1) is 17.8 Å². The van der Waals surface area contributed by atoms with E-state index in [-0.39, 0.29) is 34.9 Å². The van der Waals surface area contributed by atoms with Gasteiger partial charge in [-0.05, 0) is 0 Å². The predicted molar refractivity (Wildman–Crippen MR) is 100 cm³/mol. The summed E-state index contributed by atoms with van der Waals surface area (Å²) in [6.45, 7) is -0.257. The Morgan fingerprint density at radius 3 is 1.77 bits per heavy atom. The Morgan fingerprint density at radius 2 is 1.42 bits per heavy atom. The van der Waals surface area contributed by atoms with Crippen LogP contribution in [0.15, 0.2) is 0 Å². The van der Waals surface area contributed by atoms with E-state index in [1.807, 2.05) is 0 Å². The number of nitrogens with two attached hydrogens (primary N) is 1. The van der Waals surface area contributed by atoms with E-state index in [1.54, 1.807) is 0 Å². The number of rotatable bonds is 10. The lowest BCUT2D eigenvalue weighted by Crippen LogP contribution is -2.33. The number of amides is 2. The zero-order valence-corrected chi connectivity index (χ0v) is 18.1. The summed E-state index contributed by atoms with van der Waals surface area (Å²) in [5, 5.41) is 11.2. The zero-order chi connectivity index (χ0) is 20.7. The second-order valence-electron chi connectivity index (χ2n) is 4.47. The highest BCUT2D eigenvalue weighted by Crippen LogP contribution is 2.08. The lowest BCUT2D eigenvalue weighted by atomic mass is 9.98. The molecular weight excluding hydrogens is 552 g/mol. The van der Waals surface area contributed by atoms with Crippen LogP contribution >= 0.6 is 47.8 Å². The minimum atomic E-state index is -1.26. The van der Waals surface area contributed by atoms with E-state index in [9.17, 15) is 28.8 Å². The second-order valence-corrected chi connectivity index (χ2v) is 6.15. The van der Waals surface area contributed by atoms with E-state index in [0.717, 1.165) is 0 Å². The molecule has 0 saturated carbocycles. The van der Waals surface area contributed by atoms with Gasteiger partial charge in [-0.2, -0.15) is 0 Å². The van der Waals surface area contributed by atoms with Gasteiger partial charge in [-0.3, -0.25) is 28.8 Å². The van der Waals surface area contributed by atoms with Crippen LogP contribution in [0.3, 0.4) is 0 Å². The first kappa shape index (κ1) is 26.9. The number of halogens is 3. The van der Waals surface area contributed by atoms with Gasteiger partial charge in [0.25, 0.3) is 0 Å². The molecule has 0 aromatic carbocycles. The van der Waals surface area contributed by atoms with Crippen molar-refractivity contribution in [3.05, 3.63) is 0 Å². The van der Waals surface area contributed by atoms with Crippen LogP contribution in [-0.4, -0.2) is 63.1 Å². The molecule has 0 heterocycles. The van der Waals surface area contributed by atoms with E-state index in [4.69, 9.17) is 10.8 Å². The summed E-state index contributed by atoms with van der Waals surface area (Å²) in [6, 6.07) is 0. The number of hydrogen-bond acceptors (Lipinski definition) is 7. The molecule has 0 bridgehead atoms. The molecule has 0 spiro atoms. The van der Waals surface area contributed by atoms with Gasteiger partial charge in [0.1, 0.15) is 10.7 Å². The Bertz CT molecular complexity index is 527. The van der Waals surface area contributed by atoms with E-state index in [1.165, 1.54) is 0 Å². The van der Waals surface area contributed by atoms with Crippen molar-refractivity contribution in [1.82, 2.24) is 5.32 Å². The predicted octanol–water partition coefficient (Wildman–Crippen LogP) is -0.121. The fourth-order valence-corrected chi connectivity index (χ4v) is 1.69. The second kappa shape index (κ2) is 15.9. The molecule has 0 rings (SSSR count). The monoisotopic (exact) mass is 566 g/mol. The average molecular weight is 569 g/mol. The molecule has 0 aliphatic carbocycles.